The Hall–Kier alpha value is -2.32. The van der Waals surface area contributed by atoms with Gasteiger partial charge in [-0.3, -0.25) is 9.78 Å². The molecular formula is C17H18N6OS. The molecule has 0 saturated carbocycles. The molecule has 3 fully saturated rings. The standard InChI is InChI=1S/C17H18N6OS/c24-17(21-13-8-22-5-2-11(13)3-6-22)16-15(23-10-19-9-20-23)12-1-4-18-7-14(12)25-16/h1,4,7,9-11,13H,2-3,5-6,8H2,(H,21,24)/t13-/m0/s1. The van der Waals surface area contributed by atoms with E-state index in [1.54, 1.807) is 23.4 Å². The zero-order chi connectivity index (χ0) is 16.8. The van der Waals surface area contributed by atoms with E-state index in [4.69, 9.17) is 0 Å². The highest BCUT2D eigenvalue weighted by Crippen LogP contribution is 2.34. The minimum atomic E-state index is -0.0227. The number of aromatic nitrogens is 4. The number of hydrogen-bond acceptors (Lipinski definition) is 6. The number of piperidine rings is 3. The van der Waals surface area contributed by atoms with Crippen molar-refractivity contribution in [3.8, 4) is 5.69 Å². The molecule has 3 aromatic heterocycles. The molecule has 0 aliphatic carbocycles. The summed E-state index contributed by atoms with van der Waals surface area (Å²) >= 11 is 1.46. The Morgan fingerprint density at radius 1 is 1.28 bits per heavy atom. The molecule has 2 bridgehead atoms. The van der Waals surface area contributed by atoms with Gasteiger partial charge in [-0.1, -0.05) is 0 Å². The van der Waals surface area contributed by atoms with Gasteiger partial charge in [0.1, 0.15) is 17.5 Å². The number of nitrogens with one attached hydrogen (secondary N) is 1. The maximum atomic E-state index is 13.1. The first-order valence-corrected chi connectivity index (χ1v) is 9.36. The van der Waals surface area contributed by atoms with Crippen molar-refractivity contribution in [1.82, 2.24) is 30.0 Å². The van der Waals surface area contributed by atoms with Crippen molar-refractivity contribution in [1.29, 1.82) is 0 Å². The maximum Gasteiger partial charge on any atom is 0.263 e. The SMILES string of the molecule is O=C(N[C@H]1CN2CCC1CC2)c1sc2cnccc2c1-n1cncn1. The van der Waals surface area contributed by atoms with Crippen LogP contribution in [0.25, 0.3) is 15.8 Å². The van der Waals surface area contributed by atoms with E-state index in [1.807, 2.05) is 6.07 Å². The van der Waals surface area contributed by atoms with Gasteiger partial charge in [0, 0.05) is 30.4 Å². The van der Waals surface area contributed by atoms with Gasteiger partial charge in [0.2, 0.25) is 0 Å². The summed E-state index contributed by atoms with van der Waals surface area (Å²) in [6.45, 7) is 3.28. The van der Waals surface area contributed by atoms with Crippen LogP contribution < -0.4 is 5.32 Å². The smallest absolute Gasteiger partial charge is 0.263 e. The summed E-state index contributed by atoms with van der Waals surface area (Å²) in [6, 6.07) is 2.16. The van der Waals surface area contributed by atoms with E-state index in [9.17, 15) is 4.79 Å². The number of carbonyl (C=O) groups excluding carboxylic acids is 1. The van der Waals surface area contributed by atoms with Gasteiger partial charge in [-0.15, -0.1) is 11.3 Å². The lowest BCUT2D eigenvalue weighted by Gasteiger charge is -2.44. The molecule has 25 heavy (non-hydrogen) atoms. The Bertz CT molecular complexity index is 913. The van der Waals surface area contributed by atoms with Crippen LogP contribution in [-0.2, 0) is 0 Å². The number of fused-ring (bicyclic) bond motifs is 4. The molecule has 3 aliphatic heterocycles. The number of pyridine rings is 1. The molecule has 8 heteroatoms. The molecule has 0 spiro atoms. The van der Waals surface area contributed by atoms with Gasteiger partial charge in [-0.25, -0.2) is 9.67 Å². The molecular weight excluding hydrogens is 336 g/mol. The predicted molar refractivity (Wildman–Crippen MR) is 95.0 cm³/mol. The molecule has 6 heterocycles. The molecule has 1 N–H and O–H groups in total. The zero-order valence-corrected chi connectivity index (χ0v) is 14.4. The number of nitrogens with zero attached hydrogens (tertiary/aromatic N) is 5. The van der Waals surface area contributed by atoms with E-state index in [0.717, 1.165) is 35.4 Å². The summed E-state index contributed by atoms with van der Waals surface area (Å²) in [5, 5.41) is 8.49. The number of amides is 1. The van der Waals surface area contributed by atoms with E-state index >= 15 is 0 Å². The molecule has 6 rings (SSSR count). The monoisotopic (exact) mass is 354 g/mol. The predicted octanol–water partition coefficient (Wildman–Crippen LogP) is 1.70. The Balaban J connectivity index is 1.52. The van der Waals surface area contributed by atoms with E-state index < -0.39 is 0 Å². The van der Waals surface area contributed by atoms with Crippen molar-refractivity contribution < 1.29 is 4.79 Å². The fraction of sp³-hybridized carbons (Fsp3) is 0.412. The summed E-state index contributed by atoms with van der Waals surface area (Å²) in [7, 11) is 0. The second kappa shape index (κ2) is 5.89. The summed E-state index contributed by atoms with van der Waals surface area (Å²) in [6.07, 6.45) is 9.01. The van der Waals surface area contributed by atoms with Gasteiger partial charge in [-0.2, -0.15) is 5.10 Å². The maximum absolute atomic E-state index is 13.1. The Labute approximate surface area is 148 Å². The number of rotatable bonds is 3. The first kappa shape index (κ1) is 15.0. The molecule has 128 valence electrons. The van der Waals surface area contributed by atoms with Crippen molar-refractivity contribution in [2.75, 3.05) is 19.6 Å². The third-order valence-electron chi connectivity index (χ3n) is 5.29. The first-order valence-electron chi connectivity index (χ1n) is 8.54. The third-order valence-corrected chi connectivity index (χ3v) is 6.42. The fourth-order valence-corrected chi connectivity index (χ4v) is 5.07. The molecule has 3 aromatic rings. The molecule has 1 atom stereocenters. The molecule has 7 nitrogen and oxygen atoms in total. The lowest BCUT2D eigenvalue weighted by atomic mass is 9.84. The van der Waals surface area contributed by atoms with Crippen LogP contribution in [0.2, 0.25) is 0 Å². The van der Waals surface area contributed by atoms with Crippen molar-refractivity contribution in [2.24, 2.45) is 5.92 Å². The highest BCUT2D eigenvalue weighted by atomic mass is 32.1. The van der Waals surface area contributed by atoms with E-state index in [-0.39, 0.29) is 11.9 Å². The van der Waals surface area contributed by atoms with Gasteiger partial charge in [0.15, 0.2) is 0 Å². The van der Waals surface area contributed by atoms with Crippen LogP contribution in [0.1, 0.15) is 22.5 Å². The van der Waals surface area contributed by atoms with Gasteiger partial charge < -0.3 is 10.2 Å². The third kappa shape index (κ3) is 2.52. The van der Waals surface area contributed by atoms with Gasteiger partial charge in [0.05, 0.1) is 10.4 Å². The average molecular weight is 354 g/mol. The number of carbonyl (C=O) groups is 1. The van der Waals surface area contributed by atoms with E-state index in [1.165, 1.54) is 30.5 Å². The fourth-order valence-electron chi connectivity index (χ4n) is 4.01. The lowest BCUT2D eigenvalue weighted by Crippen LogP contribution is -2.57. The van der Waals surface area contributed by atoms with Crippen LogP contribution in [0.5, 0.6) is 0 Å². The molecule has 1 amide bonds. The van der Waals surface area contributed by atoms with Crippen LogP contribution in [0, 0.1) is 5.92 Å². The van der Waals surface area contributed by atoms with Crippen LogP contribution in [-0.4, -0.2) is 56.2 Å². The summed E-state index contributed by atoms with van der Waals surface area (Å²) in [4.78, 5) is 24.4. The van der Waals surface area contributed by atoms with Crippen molar-refractivity contribution in [3.63, 3.8) is 0 Å². The zero-order valence-electron chi connectivity index (χ0n) is 13.6. The Kier molecular flexibility index (Phi) is 3.53. The van der Waals surface area contributed by atoms with Gasteiger partial charge in [0.25, 0.3) is 5.91 Å². The molecule has 0 unspecified atom stereocenters. The molecule has 0 radical (unpaired) electrons. The van der Waals surface area contributed by atoms with Gasteiger partial charge >= 0.3 is 0 Å². The minimum Gasteiger partial charge on any atom is -0.347 e. The first-order chi connectivity index (χ1) is 12.3. The Morgan fingerprint density at radius 3 is 2.88 bits per heavy atom. The van der Waals surface area contributed by atoms with E-state index in [2.05, 4.69) is 25.3 Å². The van der Waals surface area contributed by atoms with Crippen LogP contribution >= 0.6 is 11.3 Å². The minimum absolute atomic E-state index is 0.0227. The highest BCUT2D eigenvalue weighted by molar-refractivity contribution is 7.21. The molecule has 0 aromatic carbocycles. The number of thiophene rings is 1. The number of hydrogen-bond donors (Lipinski definition) is 1. The quantitative estimate of drug-likeness (QED) is 0.775. The summed E-state index contributed by atoms with van der Waals surface area (Å²) < 4.78 is 2.65. The topological polar surface area (TPSA) is 75.9 Å². The van der Waals surface area contributed by atoms with Crippen molar-refractivity contribution >= 4 is 27.3 Å². The largest absolute Gasteiger partial charge is 0.347 e. The van der Waals surface area contributed by atoms with Crippen LogP contribution in [0.15, 0.2) is 31.1 Å². The summed E-state index contributed by atoms with van der Waals surface area (Å²) in [5.41, 5.74) is 0.790. The van der Waals surface area contributed by atoms with Crippen molar-refractivity contribution in [2.45, 2.75) is 18.9 Å². The average Bonchev–Trinajstić information content (AvgIpc) is 3.30. The second-order valence-electron chi connectivity index (χ2n) is 6.71. The van der Waals surface area contributed by atoms with Crippen molar-refractivity contribution in [3.05, 3.63) is 36.0 Å². The Morgan fingerprint density at radius 2 is 2.16 bits per heavy atom. The molecule has 3 saturated heterocycles. The second-order valence-corrected chi connectivity index (χ2v) is 7.76. The highest BCUT2D eigenvalue weighted by Gasteiger charge is 2.35. The van der Waals surface area contributed by atoms with Crippen LogP contribution in [0.3, 0.4) is 0 Å². The lowest BCUT2D eigenvalue weighted by molar-refractivity contribution is 0.0622. The van der Waals surface area contributed by atoms with Crippen LogP contribution in [0.4, 0.5) is 0 Å². The summed E-state index contributed by atoms with van der Waals surface area (Å²) in [5.74, 6) is 0.574. The van der Waals surface area contributed by atoms with E-state index in [0.29, 0.717) is 10.8 Å². The normalized spacial score (nSPS) is 25.4. The van der Waals surface area contributed by atoms with Gasteiger partial charge in [-0.05, 0) is 37.9 Å². The molecule has 3 aliphatic rings.